The van der Waals surface area contributed by atoms with Crippen LogP contribution in [0.25, 0.3) is 0 Å². The van der Waals surface area contributed by atoms with Crippen molar-refractivity contribution < 1.29 is 0 Å². The minimum atomic E-state index is 0.122. The second-order valence-electron chi connectivity index (χ2n) is 5.11. The third-order valence-corrected chi connectivity index (χ3v) is 3.76. The second kappa shape index (κ2) is 5.03. The van der Waals surface area contributed by atoms with E-state index in [1.807, 2.05) is 10.9 Å². The van der Waals surface area contributed by atoms with Gasteiger partial charge >= 0.3 is 0 Å². The maximum Gasteiger partial charge on any atom is 0.157 e. The zero-order valence-electron chi connectivity index (χ0n) is 11.3. The fourth-order valence-electron chi connectivity index (χ4n) is 2.77. The molecule has 0 fully saturated rings. The molecule has 0 saturated heterocycles. The molecule has 0 amide bonds. The number of hydrogen-bond acceptors (Lipinski definition) is 4. The molecule has 1 aliphatic rings. The Labute approximate surface area is 112 Å². The van der Waals surface area contributed by atoms with Crippen LogP contribution in [0.15, 0.2) is 12.4 Å². The van der Waals surface area contributed by atoms with Crippen molar-refractivity contribution in [2.24, 2.45) is 0 Å². The van der Waals surface area contributed by atoms with Gasteiger partial charge in [-0.1, -0.05) is 13.3 Å². The Morgan fingerprint density at radius 1 is 1.32 bits per heavy atom. The summed E-state index contributed by atoms with van der Waals surface area (Å²) in [6, 6.07) is 0.122. The quantitative estimate of drug-likeness (QED) is 0.912. The Hall–Kier alpha value is -1.85. The average Bonchev–Trinajstić information content (AvgIpc) is 2.92. The van der Waals surface area contributed by atoms with Gasteiger partial charge in [0.2, 0.25) is 0 Å². The summed E-state index contributed by atoms with van der Waals surface area (Å²) in [4.78, 5) is 0. The van der Waals surface area contributed by atoms with Gasteiger partial charge in [0.05, 0.1) is 11.9 Å². The third kappa shape index (κ3) is 2.22. The highest BCUT2D eigenvalue weighted by atomic mass is 15.4. The summed E-state index contributed by atoms with van der Waals surface area (Å²) < 4.78 is 4.18. The number of hydrogen-bond donors (Lipinski definition) is 1. The van der Waals surface area contributed by atoms with Crippen molar-refractivity contribution in [3.05, 3.63) is 24.0 Å². The van der Waals surface area contributed by atoms with Crippen LogP contribution in [-0.4, -0.2) is 24.5 Å². The summed E-state index contributed by atoms with van der Waals surface area (Å²) >= 11 is 0. The number of nitrogens with two attached hydrogens (primary N) is 1. The Bertz CT molecular complexity index is 555. The molecule has 0 spiro atoms. The minimum Gasteiger partial charge on any atom is -0.396 e. The number of nitrogen functional groups attached to an aromatic ring is 1. The molecule has 1 atom stereocenters. The molecule has 2 aromatic heterocycles. The number of rotatable bonds is 3. The largest absolute Gasteiger partial charge is 0.396 e. The first-order valence-corrected chi connectivity index (χ1v) is 7.01. The van der Waals surface area contributed by atoms with Gasteiger partial charge in [-0.2, -0.15) is 5.10 Å². The van der Waals surface area contributed by atoms with Crippen molar-refractivity contribution in [2.45, 2.75) is 51.6 Å². The number of nitrogens with zero attached hydrogens (tertiary/aromatic N) is 5. The fraction of sp³-hybridized carbons (Fsp3) is 0.615. The Balaban J connectivity index is 1.98. The molecular formula is C13H20N6. The fourth-order valence-corrected chi connectivity index (χ4v) is 2.77. The first kappa shape index (κ1) is 12.2. The van der Waals surface area contributed by atoms with E-state index in [2.05, 4.69) is 26.8 Å². The Morgan fingerprint density at radius 3 is 2.95 bits per heavy atom. The minimum absolute atomic E-state index is 0.122. The predicted octanol–water partition coefficient (Wildman–Crippen LogP) is 1.78. The van der Waals surface area contributed by atoms with Crippen molar-refractivity contribution in [1.29, 1.82) is 0 Å². The molecule has 3 heterocycles. The van der Waals surface area contributed by atoms with Crippen LogP contribution in [0.3, 0.4) is 0 Å². The van der Waals surface area contributed by atoms with Crippen molar-refractivity contribution in [3.8, 4) is 0 Å². The predicted molar refractivity (Wildman–Crippen MR) is 72.6 cm³/mol. The van der Waals surface area contributed by atoms with Gasteiger partial charge in [-0.05, 0) is 19.3 Å². The molecular weight excluding hydrogens is 240 g/mol. The van der Waals surface area contributed by atoms with Crippen molar-refractivity contribution in [1.82, 2.24) is 24.5 Å². The van der Waals surface area contributed by atoms with Gasteiger partial charge < -0.3 is 10.3 Å². The van der Waals surface area contributed by atoms with Crippen LogP contribution >= 0.6 is 0 Å². The average molecular weight is 260 g/mol. The molecule has 6 nitrogen and oxygen atoms in total. The zero-order chi connectivity index (χ0) is 13.2. The highest BCUT2D eigenvalue weighted by Gasteiger charge is 2.22. The second-order valence-corrected chi connectivity index (χ2v) is 5.11. The van der Waals surface area contributed by atoms with E-state index in [0.717, 1.165) is 31.0 Å². The van der Waals surface area contributed by atoms with E-state index in [1.54, 1.807) is 6.20 Å². The van der Waals surface area contributed by atoms with Gasteiger partial charge in [-0.3, -0.25) is 4.68 Å². The van der Waals surface area contributed by atoms with Gasteiger partial charge in [0.1, 0.15) is 11.9 Å². The summed E-state index contributed by atoms with van der Waals surface area (Å²) in [5, 5.41) is 13.1. The molecule has 0 aliphatic carbocycles. The van der Waals surface area contributed by atoms with Crippen LogP contribution in [0.4, 0.5) is 5.69 Å². The van der Waals surface area contributed by atoms with Crippen molar-refractivity contribution >= 4 is 5.69 Å². The lowest BCUT2D eigenvalue weighted by Gasteiger charge is -2.16. The van der Waals surface area contributed by atoms with Crippen molar-refractivity contribution in [2.75, 3.05) is 5.73 Å². The zero-order valence-corrected chi connectivity index (χ0v) is 11.3. The lowest BCUT2D eigenvalue weighted by molar-refractivity contribution is 0.454. The molecule has 0 aromatic carbocycles. The van der Waals surface area contributed by atoms with E-state index in [-0.39, 0.29) is 6.04 Å². The summed E-state index contributed by atoms with van der Waals surface area (Å²) in [7, 11) is 0. The molecule has 1 aliphatic heterocycles. The van der Waals surface area contributed by atoms with E-state index in [1.165, 1.54) is 19.3 Å². The van der Waals surface area contributed by atoms with Crippen molar-refractivity contribution in [3.63, 3.8) is 0 Å². The normalized spacial score (nSPS) is 16.9. The molecule has 19 heavy (non-hydrogen) atoms. The molecule has 2 aromatic rings. The summed E-state index contributed by atoms with van der Waals surface area (Å²) in [6.45, 7) is 3.16. The number of aryl methyl sites for hydroxylation is 1. The van der Waals surface area contributed by atoms with Crippen LogP contribution in [0.1, 0.15) is 50.3 Å². The van der Waals surface area contributed by atoms with E-state index in [9.17, 15) is 0 Å². The van der Waals surface area contributed by atoms with Crippen LogP contribution in [0, 0.1) is 0 Å². The Kier molecular flexibility index (Phi) is 3.23. The number of fused-ring (bicyclic) bond motifs is 1. The first-order valence-electron chi connectivity index (χ1n) is 7.01. The van der Waals surface area contributed by atoms with Crippen LogP contribution in [0.2, 0.25) is 0 Å². The number of anilines is 1. The molecule has 3 rings (SSSR count). The van der Waals surface area contributed by atoms with Crippen LogP contribution in [-0.2, 0) is 13.0 Å². The highest BCUT2D eigenvalue weighted by molar-refractivity contribution is 5.31. The SMILES string of the molecule is CC[C@H](c1nnc2n1CCCCC2)n1cc(N)cn1. The summed E-state index contributed by atoms with van der Waals surface area (Å²) in [5.74, 6) is 2.13. The van der Waals surface area contributed by atoms with E-state index in [0.29, 0.717) is 5.69 Å². The van der Waals surface area contributed by atoms with Crippen LogP contribution < -0.4 is 5.73 Å². The van der Waals surface area contributed by atoms with E-state index in [4.69, 9.17) is 5.73 Å². The molecule has 6 heteroatoms. The summed E-state index contributed by atoms with van der Waals surface area (Å²) in [5.41, 5.74) is 6.45. The lowest BCUT2D eigenvalue weighted by atomic mass is 10.2. The molecule has 0 radical (unpaired) electrons. The maximum atomic E-state index is 5.76. The van der Waals surface area contributed by atoms with Gasteiger partial charge in [0.25, 0.3) is 0 Å². The maximum absolute atomic E-state index is 5.76. The lowest BCUT2D eigenvalue weighted by Crippen LogP contribution is -2.17. The molecule has 2 N–H and O–H groups in total. The number of aromatic nitrogens is 5. The van der Waals surface area contributed by atoms with Gasteiger partial charge in [0.15, 0.2) is 5.82 Å². The van der Waals surface area contributed by atoms with Gasteiger partial charge in [0, 0.05) is 19.2 Å². The first-order chi connectivity index (χ1) is 9.29. The van der Waals surface area contributed by atoms with E-state index < -0.39 is 0 Å². The van der Waals surface area contributed by atoms with Gasteiger partial charge in [-0.15, -0.1) is 10.2 Å². The highest BCUT2D eigenvalue weighted by Crippen LogP contribution is 2.24. The monoisotopic (exact) mass is 260 g/mol. The third-order valence-electron chi connectivity index (χ3n) is 3.76. The van der Waals surface area contributed by atoms with Crippen LogP contribution in [0.5, 0.6) is 0 Å². The molecule has 102 valence electrons. The van der Waals surface area contributed by atoms with E-state index >= 15 is 0 Å². The smallest absolute Gasteiger partial charge is 0.157 e. The molecule has 0 unspecified atom stereocenters. The molecule has 0 bridgehead atoms. The topological polar surface area (TPSA) is 74.5 Å². The molecule has 0 saturated carbocycles. The summed E-state index contributed by atoms with van der Waals surface area (Å²) in [6.07, 6.45) is 9.20. The van der Waals surface area contributed by atoms with Gasteiger partial charge in [-0.25, -0.2) is 0 Å². The standard InChI is InChI=1S/C13H20N6/c1-2-11(19-9-10(14)8-15-19)13-17-16-12-6-4-3-5-7-18(12)13/h8-9,11H,2-7,14H2,1H3/t11-/m1/s1. The Morgan fingerprint density at radius 2 is 2.21 bits per heavy atom.